The normalized spacial score (nSPS) is 12.0. The van der Waals surface area contributed by atoms with Crippen LogP contribution < -0.4 is 10.6 Å². The number of aromatic nitrogens is 2. The van der Waals surface area contributed by atoms with Crippen LogP contribution in [0.2, 0.25) is 0 Å². The zero-order chi connectivity index (χ0) is 12.8. The van der Waals surface area contributed by atoms with E-state index in [2.05, 4.69) is 20.6 Å². The molecule has 0 radical (unpaired) electrons. The summed E-state index contributed by atoms with van der Waals surface area (Å²) in [5, 5.41) is 5.82. The summed E-state index contributed by atoms with van der Waals surface area (Å²) in [5.41, 5.74) is 1.78. The van der Waals surface area contributed by atoms with Crippen LogP contribution in [-0.2, 0) is 4.79 Å². The van der Waals surface area contributed by atoms with Crippen LogP contribution in [-0.4, -0.2) is 28.5 Å². The topological polar surface area (TPSA) is 66.9 Å². The highest BCUT2D eigenvalue weighted by Crippen LogP contribution is 2.05. The Morgan fingerprint density at radius 3 is 2.47 bits per heavy atom. The minimum atomic E-state index is -0.331. The molecule has 1 amide bonds. The largest absolute Gasteiger partial charge is 0.354 e. The maximum Gasteiger partial charge on any atom is 0.242 e. The quantitative estimate of drug-likeness (QED) is 0.811. The third-order valence-electron chi connectivity index (χ3n) is 2.27. The fourth-order valence-corrected chi connectivity index (χ4v) is 1.45. The summed E-state index contributed by atoms with van der Waals surface area (Å²) >= 11 is 0. The van der Waals surface area contributed by atoms with Gasteiger partial charge in [-0.2, -0.15) is 0 Å². The Balaban J connectivity index is 2.60. The summed E-state index contributed by atoms with van der Waals surface area (Å²) in [6, 6.07) is 1.57. The molecule has 5 heteroatoms. The molecule has 0 fully saturated rings. The molecular weight excluding hydrogens is 216 g/mol. The minimum Gasteiger partial charge on any atom is -0.354 e. The highest BCUT2D eigenvalue weighted by atomic mass is 16.2. The molecule has 1 heterocycles. The number of amides is 1. The summed E-state index contributed by atoms with van der Waals surface area (Å²) in [4.78, 5) is 20.1. The molecule has 0 aromatic carbocycles. The number of aryl methyl sites for hydroxylation is 2. The van der Waals surface area contributed by atoms with E-state index >= 15 is 0 Å². The van der Waals surface area contributed by atoms with Crippen LogP contribution in [0.1, 0.15) is 31.7 Å². The molecule has 0 saturated heterocycles. The molecule has 0 aliphatic rings. The van der Waals surface area contributed by atoms with Gasteiger partial charge in [0.1, 0.15) is 6.04 Å². The van der Waals surface area contributed by atoms with Crippen LogP contribution in [0.25, 0.3) is 0 Å². The van der Waals surface area contributed by atoms with Crippen molar-refractivity contribution >= 4 is 11.9 Å². The smallest absolute Gasteiger partial charge is 0.242 e. The van der Waals surface area contributed by atoms with Gasteiger partial charge in [0.05, 0.1) is 0 Å². The van der Waals surface area contributed by atoms with Crippen LogP contribution in [0.15, 0.2) is 6.07 Å². The predicted octanol–water partition coefficient (Wildman–Crippen LogP) is 1.42. The summed E-state index contributed by atoms with van der Waals surface area (Å²) < 4.78 is 0. The van der Waals surface area contributed by atoms with E-state index < -0.39 is 0 Å². The van der Waals surface area contributed by atoms with Crippen LogP contribution in [0.5, 0.6) is 0 Å². The molecule has 2 N–H and O–H groups in total. The maximum absolute atomic E-state index is 11.6. The van der Waals surface area contributed by atoms with Crippen molar-refractivity contribution in [1.29, 1.82) is 0 Å². The molecule has 1 aromatic heterocycles. The van der Waals surface area contributed by atoms with Gasteiger partial charge in [-0.1, -0.05) is 6.92 Å². The number of anilines is 1. The molecule has 0 spiro atoms. The first kappa shape index (κ1) is 13.4. The van der Waals surface area contributed by atoms with E-state index in [4.69, 9.17) is 0 Å². The number of carbonyl (C=O) groups is 1. The summed E-state index contributed by atoms with van der Waals surface area (Å²) in [7, 11) is 0. The summed E-state index contributed by atoms with van der Waals surface area (Å²) in [6.07, 6.45) is 0.929. The minimum absolute atomic E-state index is 0.0328. The number of carbonyl (C=O) groups excluding carboxylic acids is 1. The Kier molecular flexibility index (Phi) is 4.87. The lowest BCUT2D eigenvalue weighted by Crippen LogP contribution is -2.38. The van der Waals surface area contributed by atoms with Gasteiger partial charge in [-0.05, 0) is 33.3 Å². The number of nitrogens with one attached hydrogen (secondary N) is 2. The van der Waals surface area contributed by atoms with Gasteiger partial charge in [-0.25, -0.2) is 9.97 Å². The Morgan fingerprint density at radius 2 is 1.94 bits per heavy atom. The van der Waals surface area contributed by atoms with Crippen LogP contribution in [0, 0.1) is 13.8 Å². The van der Waals surface area contributed by atoms with Gasteiger partial charge in [0.25, 0.3) is 0 Å². The highest BCUT2D eigenvalue weighted by Gasteiger charge is 2.13. The first-order valence-corrected chi connectivity index (χ1v) is 5.89. The summed E-state index contributed by atoms with van der Waals surface area (Å²) in [6.45, 7) is 8.32. The maximum atomic E-state index is 11.6. The molecule has 1 unspecified atom stereocenters. The molecule has 0 saturated carbocycles. The SMILES string of the molecule is CCCNC(=O)C(C)Nc1nc(C)cc(C)n1. The number of rotatable bonds is 5. The van der Waals surface area contributed by atoms with Gasteiger partial charge >= 0.3 is 0 Å². The van der Waals surface area contributed by atoms with E-state index in [1.807, 2.05) is 26.8 Å². The van der Waals surface area contributed by atoms with E-state index in [1.54, 1.807) is 6.92 Å². The van der Waals surface area contributed by atoms with E-state index in [0.717, 1.165) is 17.8 Å². The molecular formula is C12H20N4O. The second kappa shape index (κ2) is 6.18. The molecule has 1 atom stereocenters. The Labute approximate surface area is 102 Å². The molecule has 94 valence electrons. The van der Waals surface area contributed by atoms with Crippen molar-refractivity contribution in [2.24, 2.45) is 0 Å². The molecule has 17 heavy (non-hydrogen) atoms. The average molecular weight is 236 g/mol. The molecule has 0 aliphatic heterocycles. The number of hydrogen-bond donors (Lipinski definition) is 2. The third-order valence-corrected chi connectivity index (χ3v) is 2.27. The fraction of sp³-hybridized carbons (Fsp3) is 0.583. The van der Waals surface area contributed by atoms with Gasteiger partial charge in [-0.15, -0.1) is 0 Å². The third kappa shape index (κ3) is 4.38. The van der Waals surface area contributed by atoms with Crippen LogP contribution in [0.3, 0.4) is 0 Å². The zero-order valence-electron chi connectivity index (χ0n) is 10.9. The van der Waals surface area contributed by atoms with Gasteiger partial charge in [0.2, 0.25) is 11.9 Å². The number of nitrogens with zero attached hydrogens (tertiary/aromatic N) is 2. The van der Waals surface area contributed by atoms with Crippen molar-refractivity contribution in [2.75, 3.05) is 11.9 Å². The van der Waals surface area contributed by atoms with Crippen LogP contribution in [0.4, 0.5) is 5.95 Å². The lowest BCUT2D eigenvalue weighted by molar-refractivity contribution is -0.121. The van der Waals surface area contributed by atoms with E-state index in [-0.39, 0.29) is 11.9 Å². The molecule has 0 bridgehead atoms. The molecule has 5 nitrogen and oxygen atoms in total. The van der Waals surface area contributed by atoms with Crippen molar-refractivity contribution in [3.63, 3.8) is 0 Å². The monoisotopic (exact) mass is 236 g/mol. The lowest BCUT2D eigenvalue weighted by atomic mass is 10.3. The Hall–Kier alpha value is -1.65. The van der Waals surface area contributed by atoms with E-state index in [9.17, 15) is 4.79 Å². The zero-order valence-corrected chi connectivity index (χ0v) is 10.9. The second-order valence-electron chi connectivity index (χ2n) is 4.13. The van der Waals surface area contributed by atoms with Crippen LogP contribution >= 0.6 is 0 Å². The lowest BCUT2D eigenvalue weighted by Gasteiger charge is -2.14. The average Bonchev–Trinajstić information content (AvgIpc) is 2.24. The van der Waals surface area contributed by atoms with Crippen molar-refractivity contribution in [2.45, 2.75) is 40.2 Å². The predicted molar refractivity (Wildman–Crippen MR) is 67.9 cm³/mol. The Bertz CT molecular complexity index is 372. The highest BCUT2D eigenvalue weighted by molar-refractivity contribution is 5.83. The van der Waals surface area contributed by atoms with Crippen molar-refractivity contribution in [3.05, 3.63) is 17.5 Å². The van der Waals surface area contributed by atoms with Gasteiger partial charge in [0.15, 0.2) is 0 Å². The summed E-state index contributed by atoms with van der Waals surface area (Å²) in [5.74, 6) is 0.469. The van der Waals surface area contributed by atoms with Crippen molar-refractivity contribution in [3.8, 4) is 0 Å². The molecule has 1 rings (SSSR count). The molecule has 0 aliphatic carbocycles. The first-order valence-electron chi connectivity index (χ1n) is 5.89. The van der Waals surface area contributed by atoms with E-state index in [1.165, 1.54) is 0 Å². The van der Waals surface area contributed by atoms with Crippen molar-refractivity contribution in [1.82, 2.24) is 15.3 Å². The van der Waals surface area contributed by atoms with Crippen molar-refractivity contribution < 1.29 is 4.79 Å². The Morgan fingerprint density at radius 1 is 1.35 bits per heavy atom. The second-order valence-corrected chi connectivity index (χ2v) is 4.13. The molecule has 1 aromatic rings. The van der Waals surface area contributed by atoms with Gasteiger partial charge < -0.3 is 10.6 Å². The van der Waals surface area contributed by atoms with E-state index in [0.29, 0.717) is 12.5 Å². The van der Waals surface area contributed by atoms with Gasteiger partial charge in [0, 0.05) is 17.9 Å². The van der Waals surface area contributed by atoms with Gasteiger partial charge in [-0.3, -0.25) is 4.79 Å². The number of hydrogen-bond acceptors (Lipinski definition) is 4. The standard InChI is InChI=1S/C12H20N4O/c1-5-6-13-11(17)10(4)16-12-14-8(2)7-9(3)15-12/h7,10H,5-6H2,1-4H3,(H,13,17)(H,14,15,16). The fourth-order valence-electron chi connectivity index (χ4n) is 1.45. The first-order chi connectivity index (χ1) is 8.02.